The highest BCUT2D eigenvalue weighted by Crippen LogP contribution is 2.30. The van der Waals surface area contributed by atoms with Gasteiger partial charge in [-0.05, 0) is 48.7 Å². The average Bonchev–Trinajstić information content (AvgIpc) is 2.73. The van der Waals surface area contributed by atoms with E-state index in [1.54, 1.807) is 20.4 Å². The van der Waals surface area contributed by atoms with E-state index in [0.29, 0.717) is 13.2 Å². The fourth-order valence-corrected chi connectivity index (χ4v) is 3.43. The lowest BCUT2D eigenvalue weighted by atomic mass is 10.1. The summed E-state index contributed by atoms with van der Waals surface area (Å²) in [5.74, 6) is 2.44. The molecule has 0 aliphatic heterocycles. The minimum absolute atomic E-state index is 0.468. The smallest absolute Gasteiger partial charge is 0.165 e. The third kappa shape index (κ3) is 5.27. The normalized spacial score (nSPS) is 10.6. The summed E-state index contributed by atoms with van der Waals surface area (Å²) < 4.78 is 16.9. The van der Waals surface area contributed by atoms with E-state index >= 15 is 0 Å². The summed E-state index contributed by atoms with van der Waals surface area (Å²) in [6.07, 6.45) is 1.78. The Labute approximate surface area is 172 Å². The first-order chi connectivity index (χ1) is 14.1. The van der Waals surface area contributed by atoms with Crippen molar-refractivity contribution in [3.05, 3.63) is 82.7 Å². The Hall–Kier alpha value is -3.05. The number of hydrogen-bond acceptors (Lipinski definition) is 5. The number of methoxy groups -OCH3 is 2. The molecule has 0 amide bonds. The van der Waals surface area contributed by atoms with Crippen molar-refractivity contribution in [2.75, 3.05) is 14.2 Å². The molecule has 1 heterocycles. The fourth-order valence-electron chi connectivity index (χ4n) is 3.43. The molecule has 5 heteroatoms. The van der Waals surface area contributed by atoms with Gasteiger partial charge in [0.05, 0.1) is 19.9 Å². The molecule has 3 aromatic rings. The van der Waals surface area contributed by atoms with Crippen LogP contribution in [0.2, 0.25) is 0 Å². The van der Waals surface area contributed by atoms with Gasteiger partial charge in [0.25, 0.3) is 0 Å². The van der Waals surface area contributed by atoms with Gasteiger partial charge < -0.3 is 19.5 Å². The number of nitrogens with zero attached hydrogens (tertiary/aromatic N) is 1. The lowest BCUT2D eigenvalue weighted by molar-refractivity contribution is 0.297. The first-order valence-electron chi connectivity index (χ1n) is 9.65. The third-order valence-electron chi connectivity index (χ3n) is 4.74. The molecule has 5 nitrogen and oxygen atoms in total. The number of para-hydroxylation sites is 1. The highest BCUT2D eigenvalue weighted by atomic mass is 16.5. The van der Waals surface area contributed by atoms with Crippen LogP contribution in [0.15, 0.2) is 54.7 Å². The van der Waals surface area contributed by atoms with Crippen LogP contribution in [-0.4, -0.2) is 19.2 Å². The van der Waals surface area contributed by atoms with Gasteiger partial charge in [-0.1, -0.05) is 30.3 Å². The molecule has 3 rings (SSSR count). The van der Waals surface area contributed by atoms with E-state index in [0.717, 1.165) is 46.2 Å². The number of aromatic nitrogens is 1. The summed E-state index contributed by atoms with van der Waals surface area (Å²) in [7, 11) is 3.32. The second kappa shape index (κ2) is 9.94. The van der Waals surface area contributed by atoms with Gasteiger partial charge in [-0.15, -0.1) is 0 Å². The van der Waals surface area contributed by atoms with E-state index in [9.17, 15) is 0 Å². The molecule has 0 spiro atoms. The lowest BCUT2D eigenvalue weighted by Crippen LogP contribution is -2.14. The summed E-state index contributed by atoms with van der Waals surface area (Å²) >= 11 is 0. The van der Waals surface area contributed by atoms with Crippen LogP contribution in [0.5, 0.6) is 17.2 Å². The van der Waals surface area contributed by atoms with E-state index in [1.165, 1.54) is 5.56 Å². The first kappa shape index (κ1) is 20.7. The van der Waals surface area contributed by atoms with Gasteiger partial charge in [-0.25, -0.2) is 0 Å². The molecule has 1 aromatic heterocycles. The zero-order valence-corrected chi connectivity index (χ0v) is 17.5. The maximum Gasteiger partial charge on any atom is 0.165 e. The summed E-state index contributed by atoms with van der Waals surface area (Å²) in [5, 5.41) is 3.49. The van der Waals surface area contributed by atoms with Gasteiger partial charge in [0.1, 0.15) is 12.4 Å². The average molecular weight is 392 g/mol. The molecule has 1 N–H and O–H groups in total. The van der Waals surface area contributed by atoms with Gasteiger partial charge in [-0.3, -0.25) is 4.98 Å². The highest BCUT2D eigenvalue weighted by molar-refractivity contribution is 5.47. The number of hydrogen-bond donors (Lipinski definition) is 1. The summed E-state index contributed by atoms with van der Waals surface area (Å²) in [6.45, 7) is 6.07. The van der Waals surface area contributed by atoms with Crippen LogP contribution in [0.3, 0.4) is 0 Å². The largest absolute Gasteiger partial charge is 0.493 e. The van der Waals surface area contributed by atoms with Crippen molar-refractivity contribution >= 4 is 0 Å². The Morgan fingerprint density at radius 3 is 2.31 bits per heavy atom. The van der Waals surface area contributed by atoms with E-state index in [1.807, 2.05) is 36.4 Å². The van der Waals surface area contributed by atoms with Crippen molar-refractivity contribution in [2.24, 2.45) is 0 Å². The van der Waals surface area contributed by atoms with Crippen molar-refractivity contribution < 1.29 is 14.2 Å². The molecule has 0 radical (unpaired) electrons. The van der Waals surface area contributed by atoms with Gasteiger partial charge in [0.2, 0.25) is 0 Å². The zero-order chi connectivity index (χ0) is 20.6. The number of aryl methyl sites for hydroxylation is 2. The van der Waals surface area contributed by atoms with Crippen molar-refractivity contribution in [3.8, 4) is 17.2 Å². The van der Waals surface area contributed by atoms with Crippen molar-refractivity contribution in [2.45, 2.75) is 33.5 Å². The molecule has 29 heavy (non-hydrogen) atoms. The second-order valence-corrected chi connectivity index (χ2v) is 6.92. The minimum Gasteiger partial charge on any atom is -0.493 e. The molecule has 0 unspecified atom stereocenters. The van der Waals surface area contributed by atoms with E-state index in [4.69, 9.17) is 14.2 Å². The first-order valence-corrected chi connectivity index (χ1v) is 9.65. The standard InChI is InChI=1S/C24H28N2O3/c1-17-12-19(13-18(2)23(17)29-16-21-9-5-6-11-26-21)14-25-15-20-8-7-10-22(27-3)24(20)28-4/h5-13,25H,14-16H2,1-4H3. The quantitative estimate of drug-likeness (QED) is 0.577. The summed E-state index contributed by atoms with van der Waals surface area (Å²) in [5.41, 5.74) is 5.44. The van der Waals surface area contributed by atoms with Crippen LogP contribution >= 0.6 is 0 Å². The summed E-state index contributed by atoms with van der Waals surface area (Å²) in [6, 6.07) is 16.1. The molecule has 2 aromatic carbocycles. The number of ether oxygens (including phenoxy) is 3. The molecule has 0 atom stereocenters. The highest BCUT2D eigenvalue weighted by Gasteiger charge is 2.10. The molecule has 0 saturated carbocycles. The topological polar surface area (TPSA) is 52.6 Å². The molecule has 152 valence electrons. The van der Waals surface area contributed by atoms with Gasteiger partial charge >= 0.3 is 0 Å². The van der Waals surface area contributed by atoms with Crippen molar-refractivity contribution in [3.63, 3.8) is 0 Å². The number of benzene rings is 2. The Kier molecular flexibility index (Phi) is 7.09. The molecule has 0 bridgehead atoms. The van der Waals surface area contributed by atoms with Crippen LogP contribution in [0.25, 0.3) is 0 Å². The SMILES string of the molecule is COc1cccc(CNCc2cc(C)c(OCc3ccccn3)c(C)c2)c1OC. The van der Waals surface area contributed by atoms with Crippen LogP contribution < -0.4 is 19.5 Å². The molecule has 0 aliphatic carbocycles. The molecular formula is C24H28N2O3. The lowest BCUT2D eigenvalue weighted by Gasteiger charge is -2.15. The molecular weight excluding hydrogens is 364 g/mol. The number of rotatable bonds is 9. The predicted molar refractivity (Wildman–Crippen MR) is 115 cm³/mol. The maximum atomic E-state index is 6.02. The van der Waals surface area contributed by atoms with Gasteiger partial charge in [0, 0.05) is 24.8 Å². The van der Waals surface area contributed by atoms with Crippen LogP contribution in [0, 0.1) is 13.8 Å². The minimum atomic E-state index is 0.468. The molecule has 0 aliphatic rings. The Morgan fingerprint density at radius 1 is 0.862 bits per heavy atom. The van der Waals surface area contributed by atoms with Crippen molar-refractivity contribution in [1.29, 1.82) is 0 Å². The number of pyridine rings is 1. The van der Waals surface area contributed by atoms with E-state index in [-0.39, 0.29) is 0 Å². The fraction of sp³-hybridized carbons (Fsp3) is 0.292. The Morgan fingerprint density at radius 2 is 1.66 bits per heavy atom. The van der Waals surface area contributed by atoms with Crippen LogP contribution in [0.1, 0.15) is 27.9 Å². The van der Waals surface area contributed by atoms with E-state index < -0.39 is 0 Å². The van der Waals surface area contributed by atoms with Crippen molar-refractivity contribution in [1.82, 2.24) is 10.3 Å². The Balaban J connectivity index is 1.62. The second-order valence-electron chi connectivity index (χ2n) is 6.92. The van der Waals surface area contributed by atoms with Crippen LogP contribution in [0.4, 0.5) is 0 Å². The monoisotopic (exact) mass is 392 g/mol. The van der Waals surface area contributed by atoms with Gasteiger partial charge in [-0.2, -0.15) is 0 Å². The van der Waals surface area contributed by atoms with E-state index in [2.05, 4.69) is 36.3 Å². The summed E-state index contributed by atoms with van der Waals surface area (Å²) in [4.78, 5) is 4.31. The molecule has 0 saturated heterocycles. The third-order valence-corrected chi connectivity index (χ3v) is 4.74. The van der Waals surface area contributed by atoms with Crippen LogP contribution in [-0.2, 0) is 19.7 Å². The zero-order valence-electron chi connectivity index (χ0n) is 17.5. The molecule has 0 fully saturated rings. The maximum absolute atomic E-state index is 6.02. The predicted octanol–water partition coefficient (Wildman–Crippen LogP) is 4.58. The Bertz CT molecular complexity index is 919. The number of nitrogens with one attached hydrogen (secondary N) is 1. The van der Waals surface area contributed by atoms with Gasteiger partial charge in [0.15, 0.2) is 11.5 Å².